The van der Waals surface area contributed by atoms with Gasteiger partial charge in [-0.1, -0.05) is 0 Å². The Morgan fingerprint density at radius 3 is 3.07 bits per heavy atom. The minimum absolute atomic E-state index is 0.581. The lowest BCUT2D eigenvalue weighted by Crippen LogP contribution is -1.94. The van der Waals surface area contributed by atoms with E-state index in [4.69, 9.17) is 4.74 Å². The van der Waals surface area contributed by atoms with Crippen molar-refractivity contribution in [2.45, 2.75) is 6.92 Å². The molecular formula is C9H9BrN4O. The topological polar surface area (TPSA) is 63.7 Å². The first-order valence-corrected chi connectivity index (χ1v) is 5.24. The minimum Gasteiger partial charge on any atom is -0.478 e. The number of hydrogen-bond acceptors (Lipinski definition) is 4. The summed E-state index contributed by atoms with van der Waals surface area (Å²) < 4.78 is 6.20. The molecule has 0 aromatic carbocycles. The standard InChI is InChI=1S/C9H9BrN4O/c1-2-15-9-6(3-13-14-9)8-7(10)4-11-5-12-8/h3-5H,2H2,1H3,(H,13,14). The first-order valence-electron chi connectivity index (χ1n) is 4.45. The van der Waals surface area contributed by atoms with Gasteiger partial charge in [0.1, 0.15) is 6.33 Å². The van der Waals surface area contributed by atoms with Gasteiger partial charge in [-0.2, -0.15) is 5.10 Å². The van der Waals surface area contributed by atoms with E-state index >= 15 is 0 Å². The van der Waals surface area contributed by atoms with E-state index in [0.717, 1.165) is 15.7 Å². The van der Waals surface area contributed by atoms with E-state index < -0.39 is 0 Å². The highest BCUT2D eigenvalue weighted by molar-refractivity contribution is 9.10. The maximum Gasteiger partial charge on any atom is 0.218 e. The molecule has 0 amide bonds. The van der Waals surface area contributed by atoms with Crippen molar-refractivity contribution in [2.75, 3.05) is 6.61 Å². The summed E-state index contributed by atoms with van der Waals surface area (Å²) in [5, 5.41) is 6.71. The highest BCUT2D eigenvalue weighted by Crippen LogP contribution is 2.30. The number of hydrogen-bond donors (Lipinski definition) is 1. The van der Waals surface area contributed by atoms with Crippen LogP contribution in [0, 0.1) is 0 Å². The minimum atomic E-state index is 0.581. The van der Waals surface area contributed by atoms with Crippen molar-refractivity contribution >= 4 is 15.9 Å². The quantitative estimate of drug-likeness (QED) is 0.925. The molecule has 78 valence electrons. The second kappa shape index (κ2) is 4.39. The van der Waals surface area contributed by atoms with E-state index in [0.29, 0.717) is 12.5 Å². The monoisotopic (exact) mass is 268 g/mol. The number of H-pyrrole nitrogens is 1. The summed E-state index contributed by atoms with van der Waals surface area (Å²) in [7, 11) is 0. The van der Waals surface area contributed by atoms with Crippen LogP contribution in [0.2, 0.25) is 0 Å². The van der Waals surface area contributed by atoms with Crippen molar-refractivity contribution in [3.05, 3.63) is 23.2 Å². The number of aromatic nitrogens is 4. The summed E-state index contributed by atoms with van der Waals surface area (Å²) in [4.78, 5) is 8.07. The Bertz CT molecular complexity index is 457. The molecule has 2 aromatic rings. The molecule has 1 N–H and O–H groups in total. The third-order valence-corrected chi connectivity index (χ3v) is 2.40. The fraction of sp³-hybridized carbons (Fsp3) is 0.222. The largest absolute Gasteiger partial charge is 0.478 e. The Morgan fingerprint density at radius 1 is 1.47 bits per heavy atom. The Kier molecular flexibility index (Phi) is 2.96. The van der Waals surface area contributed by atoms with E-state index in [1.807, 2.05) is 6.92 Å². The Hall–Kier alpha value is -1.43. The molecule has 5 nitrogen and oxygen atoms in total. The second-order valence-electron chi connectivity index (χ2n) is 2.77. The van der Waals surface area contributed by atoms with E-state index in [1.165, 1.54) is 6.33 Å². The average molecular weight is 269 g/mol. The number of nitrogens with one attached hydrogen (secondary N) is 1. The number of nitrogens with zero attached hydrogens (tertiary/aromatic N) is 3. The molecule has 0 aliphatic rings. The van der Waals surface area contributed by atoms with Gasteiger partial charge in [-0.15, -0.1) is 0 Å². The van der Waals surface area contributed by atoms with Crippen LogP contribution in [0.15, 0.2) is 23.2 Å². The van der Waals surface area contributed by atoms with Gasteiger partial charge < -0.3 is 4.74 Å². The maximum atomic E-state index is 5.39. The third kappa shape index (κ3) is 1.99. The van der Waals surface area contributed by atoms with Gasteiger partial charge in [-0.3, -0.25) is 0 Å². The number of aromatic amines is 1. The lowest BCUT2D eigenvalue weighted by atomic mass is 10.2. The van der Waals surface area contributed by atoms with Crippen LogP contribution in [0.3, 0.4) is 0 Å². The molecule has 0 saturated heterocycles. The zero-order valence-electron chi connectivity index (χ0n) is 8.07. The summed E-state index contributed by atoms with van der Waals surface area (Å²) in [5.74, 6) is 0.622. The third-order valence-electron chi connectivity index (χ3n) is 1.82. The molecule has 0 unspecified atom stereocenters. The van der Waals surface area contributed by atoms with Gasteiger partial charge in [-0.25, -0.2) is 15.1 Å². The van der Waals surface area contributed by atoms with Crippen molar-refractivity contribution in [2.24, 2.45) is 0 Å². The second-order valence-corrected chi connectivity index (χ2v) is 3.62. The molecular weight excluding hydrogens is 260 g/mol. The summed E-state index contributed by atoms with van der Waals surface area (Å²) in [6.45, 7) is 2.50. The van der Waals surface area contributed by atoms with Crippen LogP contribution in [0.4, 0.5) is 0 Å². The number of rotatable bonds is 3. The van der Waals surface area contributed by atoms with E-state index in [-0.39, 0.29) is 0 Å². The molecule has 2 aromatic heterocycles. The van der Waals surface area contributed by atoms with Gasteiger partial charge in [0.2, 0.25) is 5.88 Å². The van der Waals surface area contributed by atoms with E-state index in [2.05, 4.69) is 36.1 Å². The molecule has 0 aliphatic heterocycles. The first-order chi connectivity index (χ1) is 7.33. The van der Waals surface area contributed by atoms with Crippen LogP contribution in [0.25, 0.3) is 11.3 Å². The van der Waals surface area contributed by atoms with Gasteiger partial charge in [0, 0.05) is 6.20 Å². The van der Waals surface area contributed by atoms with Gasteiger partial charge in [-0.05, 0) is 22.9 Å². The summed E-state index contributed by atoms with van der Waals surface area (Å²) in [6, 6.07) is 0. The molecule has 0 radical (unpaired) electrons. The van der Waals surface area contributed by atoms with Gasteiger partial charge in [0.15, 0.2) is 0 Å². The molecule has 0 aliphatic carbocycles. The fourth-order valence-corrected chi connectivity index (χ4v) is 1.64. The molecule has 0 fully saturated rings. The van der Waals surface area contributed by atoms with Crippen LogP contribution in [-0.4, -0.2) is 26.8 Å². The molecule has 0 bridgehead atoms. The van der Waals surface area contributed by atoms with Gasteiger partial charge in [0.25, 0.3) is 0 Å². The molecule has 2 rings (SSSR count). The zero-order chi connectivity index (χ0) is 10.7. The Morgan fingerprint density at radius 2 is 2.33 bits per heavy atom. The number of halogens is 1. The first kappa shape index (κ1) is 10.1. The Balaban J connectivity index is 2.45. The summed E-state index contributed by atoms with van der Waals surface area (Å²) in [6.07, 6.45) is 4.85. The zero-order valence-corrected chi connectivity index (χ0v) is 9.65. The highest BCUT2D eigenvalue weighted by atomic mass is 79.9. The van der Waals surface area contributed by atoms with E-state index in [1.54, 1.807) is 12.4 Å². The van der Waals surface area contributed by atoms with Crippen molar-refractivity contribution < 1.29 is 4.74 Å². The van der Waals surface area contributed by atoms with Crippen LogP contribution in [-0.2, 0) is 0 Å². The van der Waals surface area contributed by atoms with E-state index in [9.17, 15) is 0 Å². The lowest BCUT2D eigenvalue weighted by Gasteiger charge is -2.03. The predicted molar refractivity (Wildman–Crippen MR) is 58.5 cm³/mol. The van der Waals surface area contributed by atoms with Gasteiger partial charge >= 0.3 is 0 Å². The van der Waals surface area contributed by atoms with Gasteiger partial charge in [0.05, 0.1) is 28.5 Å². The lowest BCUT2D eigenvalue weighted by molar-refractivity contribution is 0.327. The van der Waals surface area contributed by atoms with Crippen molar-refractivity contribution in [3.8, 4) is 17.1 Å². The van der Waals surface area contributed by atoms with Crippen LogP contribution >= 0.6 is 15.9 Å². The predicted octanol–water partition coefficient (Wildman–Crippen LogP) is 2.03. The van der Waals surface area contributed by atoms with Crippen LogP contribution in [0.5, 0.6) is 5.88 Å². The van der Waals surface area contributed by atoms with Crippen molar-refractivity contribution in [1.29, 1.82) is 0 Å². The summed E-state index contributed by atoms with van der Waals surface area (Å²) in [5.41, 5.74) is 1.59. The molecule has 0 saturated carbocycles. The van der Waals surface area contributed by atoms with Crippen molar-refractivity contribution in [3.63, 3.8) is 0 Å². The number of ether oxygens (including phenoxy) is 1. The molecule has 2 heterocycles. The smallest absolute Gasteiger partial charge is 0.218 e. The normalized spacial score (nSPS) is 10.3. The highest BCUT2D eigenvalue weighted by Gasteiger charge is 2.12. The fourth-order valence-electron chi connectivity index (χ4n) is 1.21. The molecule has 0 atom stereocenters. The SMILES string of the molecule is CCOc1[nH]ncc1-c1ncncc1Br. The van der Waals surface area contributed by atoms with Crippen LogP contribution in [0.1, 0.15) is 6.92 Å². The maximum absolute atomic E-state index is 5.39. The molecule has 6 heteroatoms. The average Bonchev–Trinajstić information content (AvgIpc) is 2.67. The Labute approximate surface area is 95.0 Å². The molecule has 0 spiro atoms. The van der Waals surface area contributed by atoms with Crippen LogP contribution < -0.4 is 4.74 Å². The summed E-state index contributed by atoms with van der Waals surface area (Å²) >= 11 is 3.38. The molecule has 15 heavy (non-hydrogen) atoms. The van der Waals surface area contributed by atoms with Crippen molar-refractivity contribution in [1.82, 2.24) is 20.2 Å².